The van der Waals surface area contributed by atoms with Gasteiger partial charge in [-0.2, -0.15) is 5.10 Å². The Kier molecular flexibility index (Phi) is 5.23. The Morgan fingerprint density at radius 3 is 2.61 bits per heavy atom. The largest absolute Gasteiger partial charge is 0.490 e. The molecule has 0 bridgehead atoms. The number of nitrogens with zero attached hydrogens (tertiary/aromatic N) is 4. The first kappa shape index (κ1) is 17.2. The van der Waals surface area contributed by atoms with Crippen molar-refractivity contribution in [1.82, 2.24) is 14.8 Å². The quantitative estimate of drug-likeness (QED) is 0.459. The van der Waals surface area contributed by atoms with E-state index < -0.39 is 11.0 Å². The molecule has 1 aromatic carbocycles. The molecule has 2 rings (SSSR count). The molecular formula is C15H19ClN4O3. The van der Waals surface area contributed by atoms with Crippen LogP contribution in [0.5, 0.6) is 5.75 Å². The molecule has 124 valence electrons. The topological polar surface area (TPSA) is 92.8 Å². The number of ether oxygens (including phenoxy) is 1. The van der Waals surface area contributed by atoms with Crippen LogP contribution >= 0.6 is 11.6 Å². The maximum absolute atomic E-state index is 11.1. The lowest BCUT2D eigenvalue weighted by molar-refractivity contribution is -0.0796. The highest BCUT2D eigenvalue weighted by molar-refractivity contribution is 6.30. The molecule has 1 heterocycles. The van der Waals surface area contributed by atoms with Crippen molar-refractivity contribution in [3.63, 3.8) is 0 Å². The summed E-state index contributed by atoms with van der Waals surface area (Å²) in [5.74, 6) is 0.572. The van der Waals surface area contributed by atoms with Crippen LogP contribution in [0.15, 0.2) is 42.1 Å². The highest BCUT2D eigenvalue weighted by Gasteiger charge is 2.44. The summed E-state index contributed by atoms with van der Waals surface area (Å²) in [6.45, 7) is 3.58. The average molecular weight is 339 g/mol. The van der Waals surface area contributed by atoms with Crippen molar-refractivity contribution >= 4 is 17.8 Å². The summed E-state index contributed by atoms with van der Waals surface area (Å²) < 4.78 is 7.19. The van der Waals surface area contributed by atoms with Crippen LogP contribution < -0.4 is 4.74 Å². The lowest BCUT2D eigenvalue weighted by atomic mass is 9.76. The van der Waals surface area contributed by atoms with E-state index in [2.05, 4.69) is 15.2 Å². The highest BCUT2D eigenvalue weighted by atomic mass is 35.5. The second-order valence-electron chi connectivity index (χ2n) is 5.83. The van der Waals surface area contributed by atoms with Crippen LogP contribution in [-0.4, -0.2) is 43.5 Å². The summed E-state index contributed by atoms with van der Waals surface area (Å²) in [5, 5.41) is 27.7. The molecule has 0 aliphatic heterocycles. The van der Waals surface area contributed by atoms with Crippen LogP contribution in [0.3, 0.4) is 0 Å². The van der Waals surface area contributed by atoms with Crippen LogP contribution in [0, 0.1) is 5.41 Å². The second-order valence-corrected chi connectivity index (χ2v) is 6.27. The molecule has 1 unspecified atom stereocenters. The van der Waals surface area contributed by atoms with Crippen LogP contribution in [-0.2, 0) is 6.54 Å². The van der Waals surface area contributed by atoms with Crippen molar-refractivity contribution in [3.8, 4) is 5.75 Å². The fourth-order valence-corrected chi connectivity index (χ4v) is 2.14. The molecule has 1 aromatic heterocycles. The number of aromatic nitrogens is 3. The Hall–Kier alpha value is -2.12. The number of halogens is 1. The maximum atomic E-state index is 11.1. The molecule has 0 saturated carbocycles. The zero-order valence-corrected chi connectivity index (χ0v) is 13.7. The van der Waals surface area contributed by atoms with E-state index in [0.717, 1.165) is 0 Å². The molecule has 7 nitrogen and oxygen atoms in total. The number of hydrogen-bond acceptors (Lipinski definition) is 6. The molecular weight excluding hydrogens is 320 g/mol. The first-order valence-corrected chi connectivity index (χ1v) is 7.36. The summed E-state index contributed by atoms with van der Waals surface area (Å²) in [6.07, 6.45) is 4.15. The van der Waals surface area contributed by atoms with E-state index in [1.807, 2.05) is 0 Å². The summed E-state index contributed by atoms with van der Waals surface area (Å²) in [6, 6.07) is 6.83. The predicted molar refractivity (Wildman–Crippen MR) is 86.0 cm³/mol. The fourth-order valence-electron chi connectivity index (χ4n) is 2.02. The first-order valence-electron chi connectivity index (χ1n) is 6.98. The minimum atomic E-state index is -1.38. The second kappa shape index (κ2) is 6.97. The molecule has 1 atom stereocenters. The van der Waals surface area contributed by atoms with Gasteiger partial charge in [0, 0.05) is 10.4 Å². The Labute approximate surface area is 139 Å². The predicted octanol–water partition coefficient (Wildman–Crippen LogP) is 2.23. The van der Waals surface area contributed by atoms with Crippen molar-refractivity contribution in [2.75, 3.05) is 6.61 Å². The monoisotopic (exact) mass is 338 g/mol. The molecule has 0 radical (unpaired) electrons. The summed E-state index contributed by atoms with van der Waals surface area (Å²) in [4.78, 5) is 3.86. The Balaban J connectivity index is 2.20. The van der Waals surface area contributed by atoms with Gasteiger partial charge >= 0.3 is 0 Å². The van der Waals surface area contributed by atoms with E-state index in [0.29, 0.717) is 10.8 Å². The van der Waals surface area contributed by atoms with Crippen LogP contribution in [0.25, 0.3) is 0 Å². The molecule has 0 saturated heterocycles. The van der Waals surface area contributed by atoms with Gasteiger partial charge in [0.15, 0.2) is 0 Å². The minimum Gasteiger partial charge on any atom is -0.490 e. The molecule has 23 heavy (non-hydrogen) atoms. The molecule has 0 aliphatic carbocycles. The lowest BCUT2D eigenvalue weighted by Gasteiger charge is -2.39. The van der Waals surface area contributed by atoms with Gasteiger partial charge in [-0.1, -0.05) is 25.4 Å². The normalized spacial score (nSPS) is 14.8. The molecule has 2 aromatic rings. The van der Waals surface area contributed by atoms with Gasteiger partial charge < -0.3 is 15.1 Å². The number of hydrogen-bond donors (Lipinski definition) is 2. The number of benzene rings is 1. The van der Waals surface area contributed by atoms with Crippen molar-refractivity contribution in [2.45, 2.75) is 26.0 Å². The van der Waals surface area contributed by atoms with Gasteiger partial charge in [-0.05, 0) is 24.3 Å². The lowest BCUT2D eigenvalue weighted by Crippen LogP contribution is -2.53. The smallest absolute Gasteiger partial charge is 0.137 e. The van der Waals surface area contributed by atoms with Gasteiger partial charge in [0.1, 0.15) is 30.6 Å². The van der Waals surface area contributed by atoms with Gasteiger partial charge in [-0.15, -0.1) is 5.16 Å². The zero-order chi connectivity index (χ0) is 16.9. The van der Waals surface area contributed by atoms with E-state index in [4.69, 9.17) is 21.5 Å². The van der Waals surface area contributed by atoms with E-state index in [1.165, 1.54) is 23.6 Å². The first-order chi connectivity index (χ1) is 10.9. The number of rotatable bonds is 7. The average Bonchev–Trinajstić information content (AvgIpc) is 2.99. The third-order valence-corrected chi connectivity index (χ3v) is 4.01. The Morgan fingerprint density at radius 2 is 2.04 bits per heavy atom. The third-order valence-electron chi connectivity index (χ3n) is 3.76. The molecule has 0 fully saturated rings. The third kappa shape index (κ3) is 4.20. The van der Waals surface area contributed by atoms with Crippen LogP contribution in [0.1, 0.15) is 13.8 Å². The van der Waals surface area contributed by atoms with E-state index in [-0.39, 0.29) is 13.2 Å². The SMILES string of the molecule is CC(C)(C=NO)C(O)(COc1ccc(Cl)cc1)Cn1cncn1. The molecule has 0 amide bonds. The standard InChI is InChI=1S/C15H19ClN4O3/c1-14(2,7-19-22)15(21,8-20-11-17-10-18-20)9-23-13-5-3-12(16)4-6-13/h3-7,10-11,21-22H,8-9H2,1-2H3. The van der Waals surface area contributed by atoms with Gasteiger partial charge in [-0.25, -0.2) is 9.67 Å². The summed E-state index contributed by atoms with van der Waals surface area (Å²) in [7, 11) is 0. The van der Waals surface area contributed by atoms with Gasteiger partial charge in [-0.3, -0.25) is 0 Å². The zero-order valence-electron chi connectivity index (χ0n) is 12.9. The highest BCUT2D eigenvalue weighted by Crippen LogP contribution is 2.32. The maximum Gasteiger partial charge on any atom is 0.137 e. The van der Waals surface area contributed by atoms with Crippen molar-refractivity contribution < 1.29 is 15.1 Å². The fraction of sp³-hybridized carbons (Fsp3) is 0.400. The molecule has 0 spiro atoms. The van der Waals surface area contributed by atoms with Gasteiger partial charge in [0.25, 0.3) is 0 Å². The van der Waals surface area contributed by atoms with Crippen LogP contribution in [0.2, 0.25) is 5.02 Å². The van der Waals surface area contributed by atoms with Crippen molar-refractivity contribution in [1.29, 1.82) is 0 Å². The van der Waals surface area contributed by atoms with Crippen molar-refractivity contribution in [2.24, 2.45) is 10.6 Å². The Bertz CT molecular complexity index is 643. The van der Waals surface area contributed by atoms with E-state index in [9.17, 15) is 5.11 Å². The molecule has 0 aliphatic rings. The molecule has 8 heteroatoms. The van der Waals surface area contributed by atoms with Gasteiger partial charge in [0.2, 0.25) is 0 Å². The van der Waals surface area contributed by atoms with E-state index >= 15 is 0 Å². The van der Waals surface area contributed by atoms with Gasteiger partial charge in [0.05, 0.1) is 12.8 Å². The summed E-state index contributed by atoms with van der Waals surface area (Å²) >= 11 is 5.84. The number of aliphatic hydroxyl groups is 1. The summed E-state index contributed by atoms with van der Waals surface area (Å²) in [5.41, 5.74) is -2.26. The minimum absolute atomic E-state index is 0.0342. The van der Waals surface area contributed by atoms with Crippen LogP contribution in [0.4, 0.5) is 0 Å². The number of oxime groups is 1. The molecule has 2 N–H and O–H groups in total. The Morgan fingerprint density at radius 1 is 1.35 bits per heavy atom. The van der Waals surface area contributed by atoms with Crippen molar-refractivity contribution in [3.05, 3.63) is 41.9 Å². The van der Waals surface area contributed by atoms with E-state index in [1.54, 1.807) is 38.1 Å².